The second-order valence-corrected chi connectivity index (χ2v) is 5.06. The van der Waals surface area contributed by atoms with Crippen molar-refractivity contribution in [1.82, 2.24) is 0 Å². The Balaban J connectivity index is 1.93. The van der Waals surface area contributed by atoms with Crippen molar-refractivity contribution < 1.29 is 0 Å². The summed E-state index contributed by atoms with van der Waals surface area (Å²) in [6.45, 7) is 1.94. The zero-order valence-electron chi connectivity index (χ0n) is 8.62. The molecule has 0 bridgehead atoms. The molecule has 0 aliphatic carbocycles. The standard InChI is InChI=1S/C12H15ClN2/c13-10-1-2-12-9(4-10)5-11-3-8(6-14)7-15(11)12/h1-2,4,8,11H,3,5-7,14H2. The lowest BCUT2D eigenvalue weighted by Crippen LogP contribution is -2.25. The molecule has 0 aromatic heterocycles. The zero-order chi connectivity index (χ0) is 10.4. The molecule has 2 N–H and O–H groups in total. The number of fused-ring (bicyclic) bond motifs is 3. The molecule has 2 nitrogen and oxygen atoms in total. The Morgan fingerprint density at radius 1 is 1.47 bits per heavy atom. The van der Waals surface area contributed by atoms with E-state index in [1.165, 1.54) is 17.7 Å². The summed E-state index contributed by atoms with van der Waals surface area (Å²) in [6, 6.07) is 6.91. The van der Waals surface area contributed by atoms with Gasteiger partial charge in [-0.2, -0.15) is 0 Å². The predicted molar refractivity (Wildman–Crippen MR) is 63.5 cm³/mol. The molecule has 2 aliphatic heterocycles. The minimum Gasteiger partial charge on any atom is -0.368 e. The van der Waals surface area contributed by atoms with Crippen LogP contribution in [-0.4, -0.2) is 19.1 Å². The summed E-state index contributed by atoms with van der Waals surface area (Å²) < 4.78 is 0. The van der Waals surface area contributed by atoms with E-state index in [1.54, 1.807) is 0 Å². The Kier molecular flexibility index (Phi) is 2.15. The van der Waals surface area contributed by atoms with E-state index in [-0.39, 0.29) is 0 Å². The summed E-state index contributed by atoms with van der Waals surface area (Å²) in [6.07, 6.45) is 2.38. The SMILES string of the molecule is NCC1CC2Cc3cc(Cl)ccc3N2C1. The summed E-state index contributed by atoms with van der Waals surface area (Å²) in [4.78, 5) is 2.50. The lowest BCUT2D eigenvalue weighted by Gasteiger charge is -2.18. The first-order chi connectivity index (χ1) is 7.28. The second kappa shape index (κ2) is 3.39. The number of anilines is 1. The maximum Gasteiger partial charge on any atom is 0.0410 e. The number of halogens is 1. The van der Waals surface area contributed by atoms with E-state index in [9.17, 15) is 0 Å². The highest BCUT2D eigenvalue weighted by Crippen LogP contribution is 2.40. The van der Waals surface area contributed by atoms with Crippen molar-refractivity contribution in [3.05, 3.63) is 28.8 Å². The predicted octanol–water partition coefficient (Wildman–Crippen LogP) is 2.05. The van der Waals surface area contributed by atoms with Crippen molar-refractivity contribution in [3.63, 3.8) is 0 Å². The molecule has 2 atom stereocenters. The van der Waals surface area contributed by atoms with Gasteiger partial charge in [0.1, 0.15) is 0 Å². The number of hydrogen-bond donors (Lipinski definition) is 1. The largest absolute Gasteiger partial charge is 0.368 e. The first-order valence-corrected chi connectivity index (χ1v) is 5.91. The molecular weight excluding hydrogens is 208 g/mol. The van der Waals surface area contributed by atoms with Gasteiger partial charge in [0, 0.05) is 23.3 Å². The molecule has 0 saturated carbocycles. The Bertz CT molecular complexity index is 391. The number of nitrogens with two attached hydrogens (primary N) is 1. The molecule has 2 unspecified atom stereocenters. The molecule has 1 fully saturated rings. The summed E-state index contributed by atoms with van der Waals surface area (Å²) in [5.74, 6) is 0.679. The van der Waals surface area contributed by atoms with Crippen LogP contribution in [0.3, 0.4) is 0 Å². The fourth-order valence-electron chi connectivity index (χ4n) is 2.92. The van der Waals surface area contributed by atoms with Crippen LogP contribution in [0.15, 0.2) is 18.2 Å². The number of hydrogen-bond acceptors (Lipinski definition) is 2. The number of rotatable bonds is 1. The third-order valence-corrected chi connectivity index (χ3v) is 3.88. The van der Waals surface area contributed by atoms with Crippen LogP contribution in [0.1, 0.15) is 12.0 Å². The first-order valence-electron chi connectivity index (χ1n) is 5.53. The fourth-order valence-corrected chi connectivity index (χ4v) is 3.12. The lowest BCUT2D eigenvalue weighted by molar-refractivity contribution is 0.566. The summed E-state index contributed by atoms with van der Waals surface area (Å²) in [5.41, 5.74) is 8.51. The van der Waals surface area contributed by atoms with Crippen LogP contribution < -0.4 is 10.6 Å². The number of nitrogens with zero attached hydrogens (tertiary/aromatic N) is 1. The van der Waals surface area contributed by atoms with E-state index in [0.29, 0.717) is 12.0 Å². The van der Waals surface area contributed by atoms with Crippen LogP contribution in [0.2, 0.25) is 5.02 Å². The molecule has 2 aliphatic rings. The maximum atomic E-state index is 6.00. The Hall–Kier alpha value is -0.730. The zero-order valence-corrected chi connectivity index (χ0v) is 9.37. The van der Waals surface area contributed by atoms with Crippen LogP contribution in [0.25, 0.3) is 0 Å². The molecule has 1 saturated heterocycles. The van der Waals surface area contributed by atoms with E-state index in [4.69, 9.17) is 17.3 Å². The fraction of sp³-hybridized carbons (Fsp3) is 0.500. The molecule has 2 heterocycles. The van der Waals surface area contributed by atoms with E-state index in [2.05, 4.69) is 17.0 Å². The van der Waals surface area contributed by atoms with Crippen LogP contribution in [0, 0.1) is 5.92 Å². The highest BCUT2D eigenvalue weighted by Gasteiger charge is 2.37. The summed E-state index contributed by atoms with van der Waals surface area (Å²) >= 11 is 6.00. The van der Waals surface area contributed by atoms with Crippen LogP contribution in [0.4, 0.5) is 5.69 Å². The highest BCUT2D eigenvalue weighted by molar-refractivity contribution is 6.30. The van der Waals surface area contributed by atoms with E-state index in [0.717, 1.165) is 24.5 Å². The first kappa shape index (κ1) is 9.49. The maximum absolute atomic E-state index is 6.00. The number of benzene rings is 1. The van der Waals surface area contributed by atoms with Gasteiger partial charge >= 0.3 is 0 Å². The van der Waals surface area contributed by atoms with Crippen molar-refractivity contribution in [2.24, 2.45) is 11.7 Å². The van der Waals surface area contributed by atoms with Gasteiger partial charge in [0.2, 0.25) is 0 Å². The van der Waals surface area contributed by atoms with E-state index >= 15 is 0 Å². The van der Waals surface area contributed by atoms with E-state index < -0.39 is 0 Å². The molecule has 1 aromatic carbocycles. The molecule has 80 valence electrons. The summed E-state index contributed by atoms with van der Waals surface area (Å²) in [5, 5.41) is 0.852. The molecule has 0 radical (unpaired) electrons. The molecule has 15 heavy (non-hydrogen) atoms. The minimum atomic E-state index is 0.673. The van der Waals surface area contributed by atoms with Gasteiger partial charge in [-0.05, 0) is 49.1 Å². The van der Waals surface area contributed by atoms with Crippen LogP contribution in [-0.2, 0) is 6.42 Å². The molecule has 0 spiro atoms. The Labute approximate surface area is 95.0 Å². The summed E-state index contributed by atoms with van der Waals surface area (Å²) in [7, 11) is 0. The smallest absolute Gasteiger partial charge is 0.0410 e. The third kappa shape index (κ3) is 1.44. The topological polar surface area (TPSA) is 29.3 Å². The van der Waals surface area contributed by atoms with Crippen molar-refractivity contribution in [2.45, 2.75) is 18.9 Å². The molecular formula is C12H15ClN2. The average molecular weight is 223 g/mol. The molecule has 3 heteroatoms. The van der Waals surface area contributed by atoms with Gasteiger partial charge in [-0.25, -0.2) is 0 Å². The van der Waals surface area contributed by atoms with Crippen molar-refractivity contribution in [3.8, 4) is 0 Å². The molecule has 0 amide bonds. The third-order valence-electron chi connectivity index (χ3n) is 3.64. The Morgan fingerprint density at radius 3 is 3.13 bits per heavy atom. The van der Waals surface area contributed by atoms with Crippen LogP contribution >= 0.6 is 11.6 Å². The van der Waals surface area contributed by atoms with Crippen molar-refractivity contribution >= 4 is 17.3 Å². The van der Waals surface area contributed by atoms with Gasteiger partial charge in [-0.3, -0.25) is 0 Å². The van der Waals surface area contributed by atoms with Crippen molar-refractivity contribution in [2.75, 3.05) is 18.0 Å². The van der Waals surface area contributed by atoms with Crippen LogP contribution in [0.5, 0.6) is 0 Å². The second-order valence-electron chi connectivity index (χ2n) is 4.62. The minimum absolute atomic E-state index is 0.673. The molecule has 1 aromatic rings. The van der Waals surface area contributed by atoms with Gasteiger partial charge in [-0.15, -0.1) is 0 Å². The van der Waals surface area contributed by atoms with Gasteiger partial charge in [0.15, 0.2) is 0 Å². The van der Waals surface area contributed by atoms with Gasteiger partial charge in [-0.1, -0.05) is 11.6 Å². The van der Waals surface area contributed by atoms with Gasteiger partial charge in [0.05, 0.1) is 0 Å². The highest BCUT2D eigenvalue weighted by atomic mass is 35.5. The van der Waals surface area contributed by atoms with Gasteiger partial charge in [0.25, 0.3) is 0 Å². The van der Waals surface area contributed by atoms with Gasteiger partial charge < -0.3 is 10.6 Å². The Morgan fingerprint density at radius 2 is 2.33 bits per heavy atom. The quantitative estimate of drug-likeness (QED) is 0.788. The lowest BCUT2D eigenvalue weighted by atomic mass is 10.0. The normalized spacial score (nSPS) is 28.0. The average Bonchev–Trinajstić information content (AvgIpc) is 2.73. The molecule has 3 rings (SSSR count). The van der Waals surface area contributed by atoms with Crippen molar-refractivity contribution in [1.29, 1.82) is 0 Å². The monoisotopic (exact) mass is 222 g/mol. The van der Waals surface area contributed by atoms with E-state index in [1.807, 2.05) is 6.07 Å².